The molecule has 0 radical (unpaired) electrons. The Hall–Kier alpha value is -2.61. The lowest BCUT2D eigenvalue weighted by molar-refractivity contribution is -0.129. The fourth-order valence-electron chi connectivity index (χ4n) is 2.19. The van der Waals surface area contributed by atoms with Gasteiger partial charge in [0.2, 0.25) is 5.91 Å². The van der Waals surface area contributed by atoms with E-state index in [1.807, 2.05) is 11.0 Å². The van der Waals surface area contributed by atoms with Gasteiger partial charge in [-0.1, -0.05) is 12.8 Å². The molecule has 0 atom stereocenters. The quantitative estimate of drug-likeness (QED) is 0.413. The van der Waals surface area contributed by atoms with Crippen molar-refractivity contribution in [3.8, 4) is 0 Å². The summed E-state index contributed by atoms with van der Waals surface area (Å²) in [5.41, 5.74) is 1.64. The summed E-state index contributed by atoms with van der Waals surface area (Å²) in [6.45, 7) is 0.752. The molecule has 0 saturated heterocycles. The number of amides is 1. The molecule has 2 aromatic rings. The van der Waals surface area contributed by atoms with E-state index in [1.165, 1.54) is 6.33 Å². The molecule has 2 N–H and O–H groups in total. The maximum Gasteiger partial charge on any atom is 0.243 e. The number of nitrogens with zero attached hydrogens (tertiary/aromatic N) is 5. The summed E-state index contributed by atoms with van der Waals surface area (Å²) in [4.78, 5) is 29.6. The molecule has 0 bridgehead atoms. The van der Waals surface area contributed by atoms with E-state index < -0.39 is 0 Å². The number of hydrogen-bond donors (Lipinski definition) is 2. The molecule has 2 rings (SSSR count). The molecule has 0 aliphatic heterocycles. The first-order chi connectivity index (χ1) is 11.3. The average molecular weight is 316 g/mol. The molecule has 1 amide bonds. The summed E-state index contributed by atoms with van der Waals surface area (Å²) >= 11 is 0. The van der Waals surface area contributed by atoms with Gasteiger partial charge in [0, 0.05) is 31.6 Å². The second-order valence-electron chi connectivity index (χ2n) is 4.98. The Morgan fingerprint density at radius 2 is 1.91 bits per heavy atom. The van der Waals surface area contributed by atoms with Crippen molar-refractivity contribution in [2.75, 3.05) is 11.4 Å². The Bertz CT molecular complexity index is 542. The van der Waals surface area contributed by atoms with Crippen molar-refractivity contribution in [2.45, 2.75) is 32.1 Å². The second kappa shape index (κ2) is 9.42. The standard InChI is InChI=1S/C15H20N6O2/c22-15(20-23)5-3-1-2-4-10-21(13-6-7-17-12-19-13)14-11-16-8-9-18-14/h6-9,11-12,23H,1-5,10H2,(H,20,22). The van der Waals surface area contributed by atoms with Crippen molar-refractivity contribution in [3.05, 3.63) is 37.2 Å². The molecule has 0 aliphatic carbocycles. The summed E-state index contributed by atoms with van der Waals surface area (Å²) in [6.07, 6.45) is 12.1. The number of carbonyl (C=O) groups is 1. The van der Waals surface area contributed by atoms with Crippen LogP contribution in [0.1, 0.15) is 32.1 Å². The zero-order valence-corrected chi connectivity index (χ0v) is 12.8. The summed E-state index contributed by atoms with van der Waals surface area (Å²) in [5, 5.41) is 8.43. The van der Waals surface area contributed by atoms with Gasteiger partial charge in [0.1, 0.15) is 12.1 Å². The van der Waals surface area contributed by atoms with Crippen LogP contribution in [0.5, 0.6) is 0 Å². The van der Waals surface area contributed by atoms with Crippen molar-refractivity contribution < 1.29 is 10.0 Å². The lowest BCUT2D eigenvalue weighted by Crippen LogP contribution is -2.21. The van der Waals surface area contributed by atoms with Gasteiger partial charge < -0.3 is 4.90 Å². The summed E-state index contributed by atoms with van der Waals surface area (Å²) in [6, 6.07) is 1.83. The van der Waals surface area contributed by atoms with E-state index in [0.717, 1.165) is 43.9 Å². The van der Waals surface area contributed by atoms with E-state index in [2.05, 4.69) is 19.9 Å². The van der Waals surface area contributed by atoms with Crippen LogP contribution in [0.2, 0.25) is 0 Å². The number of nitrogens with one attached hydrogen (secondary N) is 1. The highest BCUT2D eigenvalue weighted by atomic mass is 16.5. The Balaban J connectivity index is 1.86. The van der Waals surface area contributed by atoms with Gasteiger partial charge >= 0.3 is 0 Å². The van der Waals surface area contributed by atoms with Gasteiger partial charge in [0.25, 0.3) is 0 Å². The van der Waals surface area contributed by atoms with Crippen molar-refractivity contribution in [3.63, 3.8) is 0 Å². The number of anilines is 2. The van der Waals surface area contributed by atoms with Gasteiger partial charge in [0.05, 0.1) is 6.20 Å². The molecule has 0 saturated carbocycles. The van der Waals surface area contributed by atoms with E-state index in [9.17, 15) is 4.79 Å². The first-order valence-corrected chi connectivity index (χ1v) is 7.54. The fourth-order valence-corrected chi connectivity index (χ4v) is 2.19. The van der Waals surface area contributed by atoms with Crippen molar-refractivity contribution >= 4 is 17.5 Å². The number of carbonyl (C=O) groups excluding carboxylic acids is 1. The summed E-state index contributed by atoms with van der Waals surface area (Å²) in [5.74, 6) is 1.18. The van der Waals surface area contributed by atoms with Gasteiger partial charge in [-0.3, -0.25) is 15.0 Å². The predicted molar refractivity (Wildman–Crippen MR) is 84.1 cm³/mol. The highest BCUT2D eigenvalue weighted by molar-refractivity contribution is 5.74. The smallest absolute Gasteiger partial charge is 0.243 e. The van der Waals surface area contributed by atoms with Crippen LogP contribution in [-0.2, 0) is 4.79 Å². The molecule has 0 unspecified atom stereocenters. The highest BCUT2D eigenvalue weighted by Crippen LogP contribution is 2.20. The van der Waals surface area contributed by atoms with Crippen LogP contribution in [0.15, 0.2) is 37.2 Å². The van der Waals surface area contributed by atoms with E-state index in [4.69, 9.17) is 5.21 Å². The lowest BCUT2D eigenvalue weighted by atomic mass is 10.1. The first-order valence-electron chi connectivity index (χ1n) is 7.54. The van der Waals surface area contributed by atoms with Crippen LogP contribution in [0.25, 0.3) is 0 Å². The average Bonchev–Trinajstić information content (AvgIpc) is 2.62. The normalized spacial score (nSPS) is 10.3. The molecule has 122 valence electrons. The lowest BCUT2D eigenvalue weighted by Gasteiger charge is -2.21. The van der Waals surface area contributed by atoms with Crippen LogP contribution >= 0.6 is 0 Å². The third-order valence-corrected chi connectivity index (χ3v) is 3.33. The largest absolute Gasteiger partial charge is 0.310 e. The number of aromatic nitrogens is 4. The molecule has 0 aromatic carbocycles. The Morgan fingerprint density at radius 1 is 1.04 bits per heavy atom. The zero-order valence-electron chi connectivity index (χ0n) is 12.8. The van der Waals surface area contributed by atoms with Gasteiger partial charge in [-0.15, -0.1) is 0 Å². The van der Waals surface area contributed by atoms with Crippen molar-refractivity contribution in [1.29, 1.82) is 0 Å². The number of hydroxylamine groups is 1. The maximum atomic E-state index is 10.9. The van der Waals surface area contributed by atoms with Crippen molar-refractivity contribution in [2.24, 2.45) is 0 Å². The molecule has 2 heterocycles. The molecule has 23 heavy (non-hydrogen) atoms. The van der Waals surface area contributed by atoms with E-state index >= 15 is 0 Å². The molecule has 8 nitrogen and oxygen atoms in total. The summed E-state index contributed by atoms with van der Waals surface area (Å²) < 4.78 is 0. The minimum absolute atomic E-state index is 0.341. The van der Waals surface area contributed by atoms with Gasteiger partial charge in [0.15, 0.2) is 5.82 Å². The molecule has 8 heteroatoms. The minimum Gasteiger partial charge on any atom is -0.310 e. The second-order valence-corrected chi connectivity index (χ2v) is 4.98. The van der Waals surface area contributed by atoms with Gasteiger partial charge in [-0.2, -0.15) is 0 Å². The van der Waals surface area contributed by atoms with Gasteiger partial charge in [-0.25, -0.2) is 20.4 Å². The Morgan fingerprint density at radius 3 is 2.61 bits per heavy atom. The first kappa shape index (κ1) is 16.8. The molecule has 0 fully saturated rings. The third-order valence-electron chi connectivity index (χ3n) is 3.33. The number of unbranched alkanes of at least 4 members (excludes halogenated alkanes) is 3. The monoisotopic (exact) mass is 316 g/mol. The third kappa shape index (κ3) is 5.59. The Labute approximate surface area is 134 Å². The molecular formula is C15H20N6O2. The maximum absolute atomic E-state index is 10.9. The Kier molecular flexibility index (Phi) is 6.86. The number of hydrogen-bond acceptors (Lipinski definition) is 7. The molecular weight excluding hydrogens is 296 g/mol. The van der Waals surface area contributed by atoms with Gasteiger partial charge in [-0.05, 0) is 18.9 Å². The minimum atomic E-state index is -0.341. The SMILES string of the molecule is O=C(CCCCCCN(c1ccncn1)c1cnccn1)NO. The number of rotatable bonds is 9. The van der Waals surface area contributed by atoms with Crippen LogP contribution < -0.4 is 10.4 Å². The topological polar surface area (TPSA) is 104 Å². The van der Waals surface area contributed by atoms with E-state index in [1.54, 1.807) is 30.3 Å². The molecule has 2 aromatic heterocycles. The van der Waals surface area contributed by atoms with E-state index in [-0.39, 0.29) is 5.91 Å². The predicted octanol–water partition coefficient (Wildman–Crippen LogP) is 1.86. The molecule has 0 spiro atoms. The molecule has 0 aliphatic rings. The van der Waals surface area contributed by atoms with Crippen LogP contribution in [-0.4, -0.2) is 37.6 Å². The summed E-state index contributed by atoms with van der Waals surface area (Å²) in [7, 11) is 0. The highest BCUT2D eigenvalue weighted by Gasteiger charge is 2.11. The van der Waals surface area contributed by atoms with Crippen molar-refractivity contribution in [1.82, 2.24) is 25.4 Å². The fraction of sp³-hybridized carbons (Fsp3) is 0.400. The van der Waals surface area contributed by atoms with Crippen LogP contribution in [0.3, 0.4) is 0 Å². The van der Waals surface area contributed by atoms with Crippen LogP contribution in [0.4, 0.5) is 11.6 Å². The van der Waals surface area contributed by atoms with Crippen LogP contribution in [0, 0.1) is 0 Å². The van der Waals surface area contributed by atoms with E-state index in [0.29, 0.717) is 6.42 Å². The zero-order chi connectivity index (χ0) is 16.3.